The van der Waals surface area contributed by atoms with Crippen molar-refractivity contribution in [2.75, 3.05) is 0 Å². The average Bonchev–Trinajstić information content (AvgIpc) is 3.01. The van der Waals surface area contributed by atoms with Gasteiger partial charge in [-0.3, -0.25) is 0 Å². The minimum absolute atomic E-state index is 0.244. The van der Waals surface area contributed by atoms with Gasteiger partial charge in [0.1, 0.15) is 12.0 Å². The van der Waals surface area contributed by atoms with E-state index >= 15 is 0 Å². The maximum Gasteiger partial charge on any atom is 0.258 e. The van der Waals surface area contributed by atoms with Crippen molar-refractivity contribution < 1.29 is 14.0 Å². The van der Waals surface area contributed by atoms with Crippen molar-refractivity contribution in [1.82, 2.24) is 10.1 Å². The van der Waals surface area contributed by atoms with Gasteiger partial charge in [0.2, 0.25) is 5.82 Å². The van der Waals surface area contributed by atoms with Gasteiger partial charge in [0.25, 0.3) is 5.89 Å². The zero-order chi connectivity index (χ0) is 12.5. The summed E-state index contributed by atoms with van der Waals surface area (Å²) in [7, 11) is 0. The second-order valence-corrected chi connectivity index (χ2v) is 3.94. The molecule has 3 rings (SSSR count). The second kappa shape index (κ2) is 4.03. The first-order chi connectivity index (χ1) is 8.74. The van der Waals surface area contributed by atoms with Crippen molar-refractivity contribution in [2.24, 2.45) is 0 Å². The van der Waals surface area contributed by atoms with Crippen molar-refractivity contribution in [2.45, 2.75) is 6.92 Å². The first kappa shape index (κ1) is 10.6. The summed E-state index contributed by atoms with van der Waals surface area (Å²) in [6.07, 6.45) is 3.10. The smallest absolute Gasteiger partial charge is 0.258 e. The summed E-state index contributed by atoms with van der Waals surface area (Å²) in [4.78, 5) is 4.27. The third-order valence-electron chi connectivity index (χ3n) is 2.65. The molecule has 1 N–H and O–H groups in total. The lowest BCUT2D eigenvalue weighted by molar-refractivity contribution is 0.432. The molecule has 0 aliphatic carbocycles. The van der Waals surface area contributed by atoms with Crippen molar-refractivity contribution >= 4 is 0 Å². The van der Waals surface area contributed by atoms with Crippen molar-refractivity contribution in [3.63, 3.8) is 0 Å². The first-order valence-electron chi connectivity index (χ1n) is 5.40. The van der Waals surface area contributed by atoms with E-state index in [4.69, 9.17) is 8.94 Å². The molecule has 0 spiro atoms. The number of aromatic hydroxyl groups is 1. The van der Waals surface area contributed by atoms with Gasteiger partial charge in [-0.1, -0.05) is 5.16 Å². The van der Waals surface area contributed by atoms with Gasteiger partial charge in [-0.15, -0.1) is 0 Å². The van der Waals surface area contributed by atoms with Gasteiger partial charge in [0, 0.05) is 5.56 Å². The largest absolute Gasteiger partial charge is 0.508 e. The number of hydrogen-bond donors (Lipinski definition) is 1. The summed E-state index contributed by atoms with van der Waals surface area (Å²) >= 11 is 0. The molecule has 2 heterocycles. The summed E-state index contributed by atoms with van der Waals surface area (Å²) in [5.41, 5.74) is 2.30. The van der Waals surface area contributed by atoms with Crippen LogP contribution in [-0.2, 0) is 0 Å². The number of nitrogens with zero attached hydrogens (tertiary/aromatic N) is 2. The molecule has 2 aromatic heterocycles. The van der Waals surface area contributed by atoms with E-state index in [0.717, 1.165) is 16.7 Å². The van der Waals surface area contributed by atoms with E-state index in [1.54, 1.807) is 36.8 Å². The van der Waals surface area contributed by atoms with E-state index < -0.39 is 0 Å². The van der Waals surface area contributed by atoms with E-state index in [-0.39, 0.29) is 5.75 Å². The molecule has 18 heavy (non-hydrogen) atoms. The fourth-order valence-electron chi connectivity index (χ4n) is 1.64. The van der Waals surface area contributed by atoms with Crippen LogP contribution >= 0.6 is 0 Å². The molecule has 0 radical (unpaired) electrons. The standard InChI is InChI=1S/C13H10N2O3/c1-8-6-9(2-3-11(8)16)13-14-12(15-18-13)10-4-5-17-7-10/h2-7,16H,1H3. The van der Waals surface area contributed by atoms with Crippen LogP contribution in [0.25, 0.3) is 22.8 Å². The predicted octanol–water partition coefficient (Wildman–Crippen LogP) is 3.01. The number of furan rings is 1. The SMILES string of the molecule is Cc1cc(-c2nc(-c3ccoc3)no2)ccc1O. The molecule has 0 aliphatic heterocycles. The van der Waals surface area contributed by atoms with E-state index in [1.807, 2.05) is 6.92 Å². The Balaban J connectivity index is 2.00. The van der Waals surface area contributed by atoms with E-state index in [0.29, 0.717) is 11.7 Å². The molecule has 0 unspecified atom stereocenters. The molecule has 0 bridgehead atoms. The highest BCUT2D eigenvalue weighted by Gasteiger charge is 2.12. The lowest BCUT2D eigenvalue weighted by Gasteiger charge is -1.99. The fourth-order valence-corrected chi connectivity index (χ4v) is 1.64. The van der Waals surface area contributed by atoms with Crippen LogP contribution in [0.15, 0.2) is 45.7 Å². The quantitative estimate of drug-likeness (QED) is 0.747. The normalized spacial score (nSPS) is 10.7. The lowest BCUT2D eigenvalue weighted by atomic mass is 10.1. The molecule has 0 amide bonds. The molecule has 0 saturated heterocycles. The Labute approximate surface area is 103 Å². The number of aryl methyl sites for hydroxylation is 1. The van der Waals surface area contributed by atoms with Gasteiger partial charge in [-0.05, 0) is 36.8 Å². The number of hydrogen-bond acceptors (Lipinski definition) is 5. The topological polar surface area (TPSA) is 72.3 Å². The highest BCUT2D eigenvalue weighted by molar-refractivity contribution is 5.60. The molecule has 1 aromatic carbocycles. The van der Waals surface area contributed by atoms with Crippen LogP contribution in [0.4, 0.5) is 0 Å². The number of phenolic OH excluding ortho intramolecular Hbond substituents is 1. The summed E-state index contributed by atoms with van der Waals surface area (Å²) in [5.74, 6) is 1.13. The third kappa shape index (κ3) is 1.75. The summed E-state index contributed by atoms with van der Waals surface area (Å²) < 4.78 is 10.1. The van der Waals surface area contributed by atoms with E-state index in [9.17, 15) is 5.11 Å². The Morgan fingerprint density at radius 3 is 2.78 bits per heavy atom. The number of aromatic nitrogens is 2. The molecule has 90 valence electrons. The summed E-state index contributed by atoms with van der Waals surface area (Å²) in [6.45, 7) is 1.81. The molecule has 0 saturated carbocycles. The zero-order valence-electron chi connectivity index (χ0n) is 9.62. The van der Waals surface area contributed by atoms with Crippen LogP contribution in [-0.4, -0.2) is 15.2 Å². The van der Waals surface area contributed by atoms with Gasteiger partial charge >= 0.3 is 0 Å². The van der Waals surface area contributed by atoms with Gasteiger partial charge in [0.15, 0.2) is 0 Å². The monoisotopic (exact) mass is 242 g/mol. The fraction of sp³-hybridized carbons (Fsp3) is 0.0769. The highest BCUT2D eigenvalue weighted by atomic mass is 16.5. The molecular formula is C13H10N2O3. The van der Waals surface area contributed by atoms with Crippen LogP contribution in [0.2, 0.25) is 0 Å². The Kier molecular flexibility index (Phi) is 2.37. The molecule has 5 nitrogen and oxygen atoms in total. The predicted molar refractivity (Wildman–Crippen MR) is 63.8 cm³/mol. The molecule has 5 heteroatoms. The van der Waals surface area contributed by atoms with Gasteiger partial charge in [-0.25, -0.2) is 0 Å². The number of benzene rings is 1. The molecular weight excluding hydrogens is 232 g/mol. The number of rotatable bonds is 2. The van der Waals surface area contributed by atoms with Crippen molar-refractivity contribution in [1.29, 1.82) is 0 Å². The lowest BCUT2D eigenvalue weighted by Crippen LogP contribution is -1.81. The third-order valence-corrected chi connectivity index (χ3v) is 2.65. The summed E-state index contributed by atoms with van der Waals surface area (Å²) in [6, 6.07) is 6.89. The van der Waals surface area contributed by atoms with Crippen LogP contribution in [0.3, 0.4) is 0 Å². The molecule has 0 atom stereocenters. The van der Waals surface area contributed by atoms with Crippen LogP contribution < -0.4 is 0 Å². The molecule has 0 aliphatic rings. The van der Waals surface area contributed by atoms with Crippen LogP contribution in [0.5, 0.6) is 5.75 Å². The molecule has 3 aromatic rings. The maximum atomic E-state index is 9.47. The van der Waals surface area contributed by atoms with Crippen LogP contribution in [0, 0.1) is 6.92 Å². The second-order valence-electron chi connectivity index (χ2n) is 3.94. The van der Waals surface area contributed by atoms with E-state index in [1.165, 1.54) is 0 Å². The summed E-state index contributed by atoms with van der Waals surface area (Å²) in [5, 5.41) is 13.3. The van der Waals surface area contributed by atoms with Gasteiger partial charge < -0.3 is 14.0 Å². The van der Waals surface area contributed by atoms with Crippen molar-refractivity contribution in [3.8, 4) is 28.6 Å². The van der Waals surface area contributed by atoms with E-state index in [2.05, 4.69) is 10.1 Å². The Morgan fingerprint density at radius 2 is 2.06 bits per heavy atom. The Bertz CT molecular complexity index is 671. The Hall–Kier alpha value is -2.56. The highest BCUT2D eigenvalue weighted by Crippen LogP contribution is 2.26. The van der Waals surface area contributed by atoms with Crippen LogP contribution in [0.1, 0.15) is 5.56 Å². The Morgan fingerprint density at radius 1 is 1.17 bits per heavy atom. The van der Waals surface area contributed by atoms with Crippen molar-refractivity contribution in [3.05, 3.63) is 42.4 Å². The first-order valence-corrected chi connectivity index (χ1v) is 5.40. The number of phenols is 1. The zero-order valence-corrected chi connectivity index (χ0v) is 9.62. The maximum absolute atomic E-state index is 9.47. The van der Waals surface area contributed by atoms with Gasteiger partial charge in [0.05, 0.1) is 11.8 Å². The molecule has 0 fully saturated rings. The average molecular weight is 242 g/mol. The minimum atomic E-state index is 0.244. The minimum Gasteiger partial charge on any atom is -0.508 e. The van der Waals surface area contributed by atoms with Gasteiger partial charge in [-0.2, -0.15) is 4.98 Å².